The van der Waals surface area contributed by atoms with Crippen LogP contribution in [0.2, 0.25) is 0 Å². The molecular formula is C23H41IN6O2. The van der Waals surface area contributed by atoms with Crippen molar-refractivity contribution >= 4 is 35.8 Å². The maximum Gasteiger partial charge on any atom is 0.239 e. The third-order valence-electron chi connectivity index (χ3n) is 6.22. The van der Waals surface area contributed by atoms with Gasteiger partial charge in [0.1, 0.15) is 5.76 Å². The van der Waals surface area contributed by atoms with Crippen LogP contribution in [0.15, 0.2) is 27.8 Å². The Morgan fingerprint density at radius 2 is 2.03 bits per heavy atom. The molecule has 9 heteroatoms. The quantitative estimate of drug-likeness (QED) is 0.198. The van der Waals surface area contributed by atoms with E-state index in [9.17, 15) is 4.79 Å². The molecule has 182 valence electrons. The fourth-order valence-electron chi connectivity index (χ4n) is 4.60. The molecule has 2 fully saturated rings. The van der Waals surface area contributed by atoms with Crippen LogP contribution in [0.3, 0.4) is 0 Å². The molecule has 0 radical (unpaired) electrons. The zero-order chi connectivity index (χ0) is 22.1. The molecule has 2 N–H and O–H groups in total. The molecule has 0 aromatic carbocycles. The Balaban J connectivity index is 0.00000363. The smallest absolute Gasteiger partial charge is 0.239 e. The molecule has 3 heterocycles. The van der Waals surface area contributed by atoms with Crippen LogP contribution in [0.25, 0.3) is 0 Å². The zero-order valence-electron chi connectivity index (χ0n) is 19.9. The predicted octanol–water partition coefficient (Wildman–Crippen LogP) is 2.53. The van der Waals surface area contributed by atoms with Crippen LogP contribution in [-0.2, 0) is 4.79 Å². The van der Waals surface area contributed by atoms with Crippen molar-refractivity contribution in [1.82, 2.24) is 25.3 Å². The van der Waals surface area contributed by atoms with Crippen LogP contribution >= 0.6 is 24.0 Å². The Labute approximate surface area is 210 Å². The maximum absolute atomic E-state index is 12.4. The van der Waals surface area contributed by atoms with E-state index in [0.717, 1.165) is 70.3 Å². The van der Waals surface area contributed by atoms with Crippen LogP contribution in [0.4, 0.5) is 0 Å². The number of halogens is 1. The first-order valence-corrected chi connectivity index (χ1v) is 11.8. The number of hydrogen-bond acceptors (Lipinski definition) is 5. The molecule has 3 rings (SSSR count). The zero-order valence-corrected chi connectivity index (χ0v) is 22.2. The molecule has 0 spiro atoms. The highest BCUT2D eigenvalue weighted by atomic mass is 127. The van der Waals surface area contributed by atoms with Gasteiger partial charge in [0.2, 0.25) is 5.91 Å². The molecule has 1 aromatic heterocycles. The van der Waals surface area contributed by atoms with Gasteiger partial charge < -0.3 is 20.0 Å². The first kappa shape index (κ1) is 26.9. The van der Waals surface area contributed by atoms with E-state index >= 15 is 0 Å². The summed E-state index contributed by atoms with van der Waals surface area (Å²) in [5.41, 5.74) is 0. The second-order valence-corrected chi connectivity index (χ2v) is 8.70. The van der Waals surface area contributed by atoms with E-state index in [2.05, 4.69) is 33.4 Å². The van der Waals surface area contributed by atoms with Gasteiger partial charge in [0, 0.05) is 33.7 Å². The number of nitrogens with one attached hydrogen (secondary N) is 2. The molecule has 2 aliphatic heterocycles. The summed E-state index contributed by atoms with van der Waals surface area (Å²) in [5, 5.41) is 6.83. The van der Waals surface area contributed by atoms with Gasteiger partial charge in [-0.15, -0.1) is 24.0 Å². The van der Waals surface area contributed by atoms with Crippen molar-refractivity contribution in [1.29, 1.82) is 0 Å². The lowest BCUT2D eigenvalue weighted by molar-refractivity contribution is -0.133. The summed E-state index contributed by atoms with van der Waals surface area (Å²) in [6.45, 7) is 8.57. The first-order valence-electron chi connectivity index (χ1n) is 11.8. The molecule has 2 aliphatic rings. The Bertz CT molecular complexity index is 691. The lowest BCUT2D eigenvalue weighted by atomic mass is 10.2. The third-order valence-corrected chi connectivity index (χ3v) is 6.22. The van der Waals surface area contributed by atoms with Crippen LogP contribution in [0, 0.1) is 0 Å². The molecule has 0 bridgehead atoms. The number of rotatable bonds is 10. The van der Waals surface area contributed by atoms with E-state index in [1.807, 2.05) is 20.2 Å². The van der Waals surface area contributed by atoms with E-state index in [0.29, 0.717) is 6.54 Å². The molecular weight excluding hydrogens is 519 g/mol. The van der Waals surface area contributed by atoms with Crippen molar-refractivity contribution in [2.24, 2.45) is 4.99 Å². The largest absolute Gasteiger partial charge is 0.468 e. The number of nitrogens with zero attached hydrogens (tertiary/aromatic N) is 4. The van der Waals surface area contributed by atoms with Gasteiger partial charge in [-0.05, 0) is 70.8 Å². The number of guanidine groups is 1. The number of carbonyl (C=O) groups is 1. The maximum atomic E-state index is 12.4. The van der Waals surface area contributed by atoms with Crippen molar-refractivity contribution < 1.29 is 9.21 Å². The lowest BCUT2D eigenvalue weighted by Gasteiger charge is -2.26. The first-order chi connectivity index (χ1) is 15.1. The van der Waals surface area contributed by atoms with Crippen molar-refractivity contribution in [3.05, 3.63) is 24.2 Å². The summed E-state index contributed by atoms with van der Waals surface area (Å²) < 4.78 is 5.71. The van der Waals surface area contributed by atoms with Gasteiger partial charge in [-0.1, -0.05) is 0 Å². The lowest BCUT2D eigenvalue weighted by Crippen LogP contribution is -2.44. The van der Waals surface area contributed by atoms with Gasteiger partial charge in [-0.3, -0.25) is 19.6 Å². The summed E-state index contributed by atoms with van der Waals surface area (Å²) in [5.74, 6) is 2.07. The molecule has 2 atom stereocenters. The molecule has 0 aliphatic carbocycles. The predicted molar refractivity (Wildman–Crippen MR) is 140 cm³/mol. The van der Waals surface area contributed by atoms with E-state index in [-0.39, 0.29) is 42.0 Å². The Hall–Kier alpha value is -1.33. The van der Waals surface area contributed by atoms with Gasteiger partial charge in [0.05, 0.1) is 24.9 Å². The van der Waals surface area contributed by atoms with Gasteiger partial charge in [0.25, 0.3) is 0 Å². The topological polar surface area (TPSA) is 76.4 Å². The molecule has 2 saturated heterocycles. The van der Waals surface area contributed by atoms with E-state index in [4.69, 9.17) is 9.41 Å². The second kappa shape index (κ2) is 14.0. The third kappa shape index (κ3) is 7.62. The monoisotopic (exact) mass is 560 g/mol. The van der Waals surface area contributed by atoms with Crippen LogP contribution in [0.5, 0.6) is 0 Å². The molecule has 1 aromatic rings. The fourth-order valence-corrected chi connectivity index (χ4v) is 4.60. The summed E-state index contributed by atoms with van der Waals surface area (Å²) >= 11 is 0. The number of aliphatic imine (C=N–C) groups is 1. The molecule has 1 amide bonds. The van der Waals surface area contributed by atoms with Gasteiger partial charge in [0.15, 0.2) is 5.96 Å². The summed E-state index contributed by atoms with van der Waals surface area (Å²) in [6, 6.07) is 4.25. The highest BCUT2D eigenvalue weighted by Gasteiger charge is 2.31. The van der Waals surface area contributed by atoms with Crippen molar-refractivity contribution in [3.8, 4) is 0 Å². The average Bonchev–Trinajstić information content (AvgIpc) is 3.53. The number of likely N-dealkylation sites (tertiary alicyclic amines) is 2. The summed E-state index contributed by atoms with van der Waals surface area (Å²) in [4.78, 5) is 23.7. The molecule has 0 saturated carbocycles. The number of furan rings is 1. The molecule has 32 heavy (non-hydrogen) atoms. The van der Waals surface area contributed by atoms with E-state index < -0.39 is 0 Å². The van der Waals surface area contributed by atoms with Crippen LogP contribution in [-0.4, -0.2) is 92.5 Å². The van der Waals surface area contributed by atoms with Gasteiger partial charge in [-0.25, -0.2) is 0 Å². The van der Waals surface area contributed by atoms with Crippen molar-refractivity contribution in [2.45, 2.75) is 51.1 Å². The highest BCUT2D eigenvalue weighted by molar-refractivity contribution is 14.0. The number of likely N-dealkylation sites (N-methyl/N-ethyl adjacent to an activating group) is 1. The summed E-state index contributed by atoms with van der Waals surface area (Å²) in [6.07, 6.45) is 7.29. The van der Waals surface area contributed by atoms with Crippen molar-refractivity contribution in [3.63, 3.8) is 0 Å². The molecule has 8 nitrogen and oxygen atoms in total. The van der Waals surface area contributed by atoms with Crippen LogP contribution in [0.1, 0.15) is 50.8 Å². The van der Waals surface area contributed by atoms with Gasteiger partial charge in [-0.2, -0.15) is 0 Å². The SMILES string of the molecule is CCNC(=NCC(c1ccco1)N1CCCC1)NCCCN1CCCC1C(=O)N(C)C.I. The minimum atomic E-state index is 0. The summed E-state index contributed by atoms with van der Waals surface area (Å²) in [7, 11) is 3.69. The van der Waals surface area contributed by atoms with E-state index in [1.54, 1.807) is 11.2 Å². The number of amides is 1. The Morgan fingerprint density at radius 3 is 2.69 bits per heavy atom. The minimum absolute atomic E-state index is 0. The fraction of sp³-hybridized carbons (Fsp3) is 0.739. The Kier molecular flexibility index (Phi) is 11.8. The van der Waals surface area contributed by atoms with E-state index in [1.165, 1.54) is 12.8 Å². The standard InChI is InChI=1S/C23H40N6O2.HI/c1-4-24-23(25-12-9-16-28-15-7-10-19(28)22(30)27(2)3)26-18-20(21-11-8-17-31-21)29-13-5-6-14-29;/h8,11,17,19-20H,4-7,9-10,12-16,18H2,1-3H3,(H2,24,25,26);1H. The normalized spacial score (nSPS) is 20.7. The number of hydrogen-bond donors (Lipinski definition) is 2. The van der Waals surface area contributed by atoms with Gasteiger partial charge >= 0.3 is 0 Å². The second-order valence-electron chi connectivity index (χ2n) is 8.70. The highest BCUT2D eigenvalue weighted by Crippen LogP contribution is 2.25. The average molecular weight is 561 g/mol. The number of carbonyl (C=O) groups excluding carboxylic acids is 1. The van der Waals surface area contributed by atoms with Crippen LogP contribution < -0.4 is 10.6 Å². The Morgan fingerprint density at radius 1 is 1.25 bits per heavy atom. The minimum Gasteiger partial charge on any atom is -0.468 e. The molecule has 2 unspecified atom stereocenters. The van der Waals surface area contributed by atoms with Crippen molar-refractivity contribution in [2.75, 3.05) is 59.9 Å².